The standard InChI is InChI=1S/C16H14FN3O2/c1-11-2-8-14(9-3-11)19-15(21)16(22)20-18-10-12-4-6-13(17)7-5-12/h2-10H,1H3,(H,19,21)(H,20,22)/b18-10+. The molecule has 0 atom stereocenters. The Labute approximate surface area is 126 Å². The number of nitrogens with zero attached hydrogens (tertiary/aromatic N) is 1. The van der Waals surface area contributed by atoms with Gasteiger partial charge in [-0.25, -0.2) is 9.82 Å². The van der Waals surface area contributed by atoms with Crippen LogP contribution in [-0.2, 0) is 9.59 Å². The maximum Gasteiger partial charge on any atom is 0.329 e. The smallest absolute Gasteiger partial charge is 0.318 e. The van der Waals surface area contributed by atoms with Gasteiger partial charge >= 0.3 is 11.8 Å². The molecule has 0 aliphatic rings. The Kier molecular flexibility index (Phi) is 4.98. The molecule has 0 heterocycles. The molecule has 0 aliphatic carbocycles. The van der Waals surface area contributed by atoms with E-state index < -0.39 is 11.8 Å². The van der Waals surface area contributed by atoms with Gasteiger partial charge in [0.2, 0.25) is 0 Å². The zero-order valence-electron chi connectivity index (χ0n) is 11.8. The number of aryl methyl sites for hydroxylation is 1. The first-order valence-electron chi connectivity index (χ1n) is 6.51. The lowest BCUT2D eigenvalue weighted by molar-refractivity contribution is -0.136. The first-order chi connectivity index (χ1) is 10.5. The highest BCUT2D eigenvalue weighted by atomic mass is 19.1. The fraction of sp³-hybridized carbons (Fsp3) is 0.0625. The van der Waals surface area contributed by atoms with Crippen molar-refractivity contribution in [1.29, 1.82) is 0 Å². The molecule has 0 saturated heterocycles. The molecule has 0 unspecified atom stereocenters. The van der Waals surface area contributed by atoms with Crippen LogP contribution < -0.4 is 10.7 Å². The highest BCUT2D eigenvalue weighted by molar-refractivity contribution is 6.39. The van der Waals surface area contributed by atoms with Crippen molar-refractivity contribution in [1.82, 2.24) is 5.43 Å². The Hall–Kier alpha value is -3.02. The zero-order valence-corrected chi connectivity index (χ0v) is 11.8. The summed E-state index contributed by atoms with van der Waals surface area (Å²) < 4.78 is 12.7. The molecule has 2 rings (SSSR count). The van der Waals surface area contributed by atoms with E-state index in [1.165, 1.54) is 30.5 Å². The quantitative estimate of drug-likeness (QED) is 0.518. The van der Waals surface area contributed by atoms with Crippen molar-refractivity contribution in [2.45, 2.75) is 6.92 Å². The van der Waals surface area contributed by atoms with Crippen molar-refractivity contribution in [3.05, 3.63) is 65.5 Å². The summed E-state index contributed by atoms with van der Waals surface area (Å²) in [6.07, 6.45) is 1.32. The van der Waals surface area contributed by atoms with E-state index in [4.69, 9.17) is 0 Å². The third-order valence-corrected chi connectivity index (χ3v) is 2.77. The maximum atomic E-state index is 12.7. The first kappa shape index (κ1) is 15.4. The molecule has 2 aromatic carbocycles. The van der Waals surface area contributed by atoms with Crippen molar-refractivity contribution in [2.24, 2.45) is 5.10 Å². The Morgan fingerprint density at radius 2 is 1.64 bits per heavy atom. The molecule has 0 aliphatic heterocycles. The van der Waals surface area contributed by atoms with E-state index in [-0.39, 0.29) is 5.82 Å². The summed E-state index contributed by atoms with van der Waals surface area (Å²) in [6.45, 7) is 1.92. The summed E-state index contributed by atoms with van der Waals surface area (Å²) >= 11 is 0. The summed E-state index contributed by atoms with van der Waals surface area (Å²) in [5.41, 5.74) is 4.27. The van der Waals surface area contributed by atoms with Crippen LogP contribution in [0.1, 0.15) is 11.1 Å². The van der Waals surface area contributed by atoms with Gasteiger partial charge in [-0.2, -0.15) is 5.10 Å². The van der Waals surface area contributed by atoms with Crippen molar-refractivity contribution in [3.8, 4) is 0 Å². The molecule has 0 spiro atoms. The van der Waals surface area contributed by atoms with Gasteiger partial charge in [0.1, 0.15) is 5.82 Å². The number of amides is 2. The van der Waals surface area contributed by atoms with E-state index in [0.717, 1.165) is 5.56 Å². The molecule has 112 valence electrons. The van der Waals surface area contributed by atoms with Gasteiger partial charge in [-0.15, -0.1) is 0 Å². The molecule has 22 heavy (non-hydrogen) atoms. The van der Waals surface area contributed by atoms with Gasteiger partial charge in [0.05, 0.1) is 6.21 Å². The number of hydrazone groups is 1. The van der Waals surface area contributed by atoms with Gasteiger partial charge in [0, 0.05) is 5.69 Å². The number of benzene rings is 2. The second kappa shape index (κ2) is 7.12. The minimum atomic E-state index is -0.890. The van der Waals surface area contributed by atoms with Crippen LogP contribution in [0.4, 0.5) is 10.1 Å². The van der Waals surface area contributed by atoms with Crippen LogP contribution in [0, 0.1) is 12.7 Å². The van der Waals surface area contributed by atoms with Crippen molar-refractivity contribution < 1.29 is 14.0 Å². The Morgan fingerprint density at radius 3 is 2.27 bits per heavy atom. The molecule has 0 fully saturated rings. The lowest BCUT2D eigenvalue weighted by Gasteiger charge is -2.04. The predicted molar refractivity (Wildman–Crippen MR) is 81.9 cm³/mol. The van der Waals surface area contributed by atoms with Crippen molar-refractivity contribution in [2.75, 3.05) is 5.32 Å². The number of anilines is 1. The second-order valence-electron chi connectivity index (χ2n) is 4.57. The third kappa shape index (κ3) is 4.52. The van der Waals surface area contributed by atoms with E-state index in [0.29, 0.717) is 11.3 Å². The van der Waals surface area contributed by atoms with E-state index in [9.17, 15) is 14.0 Å². The molecule has 0 saturated carbocycles. The molecular formula is C16H14FN3O2. The fourth-order valence-corrected chi connectivity index (χ4v) is 1.59. The predicted octanol–water partition coefficient (Wildman–Crippen LogP) is 2.22. The molecular weight excluding hydrogens is 285 g/mol. The number of carbonyl (C=O) groups is 2. The van der Waals surface area contributed by atoms with Crippen LogP contribution in [-0.4, -0.2) is 18.0 Å². The lowest BCUT2D eigenvalue weighted by atomic mass is 10.2. The molecule has 2 aromatic rings. The summed E-state index contributed by atoms with van der Waals surface area (Å²) in [7, 11) is 0. The minimum Gasteiger partial charge on any atom is -0.318 e. The van der Waals surface area contributed by atoms with E-state index in [1.54, 1.807) is 12.1 Å². The Bertz CT molecular complexity index is 694. The number of rotatable bonds is 3. The average Bonchev–Trinajstić information content (AvgIpc) is 2.51. The van der Waals surface area contributed by atoms with Crippen LogP contribution in [0.25, 0.3) is 0 Å². The molecule has 5 nitrogen and oxygen atoms in total. The van der Waals surface area contributed by atoms with Gasteiger partial charge < -0.3 is 5.32 Å². The number of halogens is 1. The fourth-order valence-electron chi connectivity index (χ4n) is 1.59. The monoisotopic (exact) mass is 299 g/mol. The van der Waals surface area contributed by atoms with Gasteiger partial charge in [-0.05, 0) is 36.8 Å². The summed E-state index contributed by atoms with van der Waals surface area (Å²) in [4.78, 5) is 23.2. The number of hydrogen-bond donors (Lipinski definition) is 2. The van der Waals surface area contributed by atoms with Crippen LogP contribution in [0.15, 0.2) is 53.6 Å². The van der Waals surface area contributed by atoms with E-state index in [1.807, 2.05) is 19.1 Å². The third-order valence-electron chi connectivity index (χ3n) is 2.77. The SMILES string of the molecule is Cc1ccc(NC(=O)C(=O)N/N=C/c2ccc(F)cc2)cc1. The first-order valence-corrected chi connectivity index (χ1v) is 6.51. The molecule has 0 aromatic heterocycles. The number of carbonyl (C=O) groups excluding carboxylic acids is 2. The van der Waals surface area contributed by atoms with Crippen LogP contribution in [0.5, 0.6) is 0 Å². The number of nitrogens with one attached hydrogen (secondary N) is 2. The minimum absolute atomic E-state index is 0.362. The average molecular weight is 299 g/mol. The zero-order chi connectivity index (χ0) is 15.9. The normalized spacial score (nSPS) is 10.5. The molecule has 6 heteroatoms. The highest BCUT2D eigenvalue weighted by Gasteiger charge is 2.12. The summed E-state index contributed by atoms with van der Waals surface area (Å²) in [5.74, 6) is -2.07. The van der Waals surface area contributed by atoms with Gasteiger partial charge in [-0.1, -0.05) is 29.8 Å². The summed E-state index contributed by atoms with van der Waals surface area (Å²) in [5, 5.41) is 6.09. The maximum absolute atomic E-state index is 12.7. The van der Waals surface area contributed by atoms with Gasteiger partial charge in [0.15, 0.2) is 0 Å². The lowest BCUT2D eigenvalue weighted by Crippen LogP contribution is -2.32. The number of hydrogen-bond acceptors (Lipinski definition) is 3. The molecule has 2 amide bonds. The molecule has 2 N–H and O–H groups in total. The Morgan fingerprint density at radius 1 is 1.00 bits per heavy atom. The summed E-state index contributed by atoms with van der Waals surface area (Å²) in [6, 6.07) is 12.6. The van der Waals surface area contributed by atoms with E-state index in [2.05, 4.69) is 15.8 Å². The second-order valence-corrected chi connectivity index (χ2v) is 4.57. The van der Waals surface area contributed by atoms with Gasteiger partial charge in [-0.3, -0.25) is 9.59 Å². The van der Waals surface area contributed by atoms with Crippen molar-refractivity contribution in [3.63, 3.8) is 0 Å². The largest absolute Gasteiger partial charge is 0.329 e. The molecule has 0 radical (unpaired) electrons. The molecule has 0 bridgehead atoms. The Balaban J connectivity index is 1.87. The van der Waals surface area contributed by atoms with Crippen LogP contribution >= 0.6 is 0 Å². The van der Waals surface area contributed by atoms with Crippen LogP contribution in [0.2, 0.25) is 0 Å². The van der Waals surface area contributed by atoms with Crippen molar-refractivity contribution >= 4 is 23.7 Å². The highest BCUT2D eigenvalue weighted by Crippen LogP contribution is 2.08. The van der Waals surface area contributed by atoms with E-state index >= 15 is 0 Å². The van der Waals surface area contributed by atoms with Gasteiger partial charge in [0.25, 0.3) is 0 Å². The van der Waals surface area contributed by atoms with Crippen LogP contribution in [0.3, 0.4) is 0 Å². The topological polar surface area (TPSA) is 70.6 Å².